The molecule has 2 aromatic rings. The number of rotatable bonds is 5. The highest BCUT2D eigenvalue weighted by atomic mass is 16.3. The molecule has 160 valence electrons. The fourth-order valence-corrected chi connectivity index (χ4v) is 4.65. The van der Waals surface area contributed by atoms with Crippen LogP contribution < -0.4 is 5.32 Å². The van der Waals surface area contributed by atoms with E-state index in [1.165, 1.54) is 0 Å². The maximum atomic E-state index is 12.7. The fraction of sp³-hybridized carbons (Fsp3) is 0.500. The van der Waals surface area contributed by atoms with Gasteiger partial charge < -0.3 is 14.6 Å². The molecule has 1 atom stereocenters. The second-order valence-electron chi connectivity index (χ2n) is 8.49. The van der Waals surface area contributed by atoms with Gasteiger partial charge in [0.2, 0.25) is 5.91 Å². The summed E-state index contributed by atoms with van der Waals surface area (Å²) < 4.78 is 5.37. The number of hydrogen-bond acceptors (Lipinski definition) is 4. The standard InChI is InChI=1S/C24H31N3O3/c1-18-11-15-30-22(18)24(29)26-13-9-21(10-14-26)27-12-5-8-20(17-27)23(28)25-16-19-6-3-2-4-7-19/h2-4,6-7,11,15,20-21H,5,8-10,12-14,16-17H2,1H3,(H,25,28). The van der Waals surface area contributed by atoms with E-state index in [1.54, 1.807) is 6.26 Å². The normalized spacial score (nSPS) is 20.8. The number of benzene rings is 1. The molecule has 1 aromatic heterocycles. The van der Waals surface area contributed by atoms with E-state index < -0.39 is 0 Å². The van der Waals surface area contributed by atoms with Crippen molar-refractivity contribution >= 4 is 11.8 Å². The van der Waals surface area contributed by atoms with Gasteiger partial charge in [0.15, 0.2) is 5.76 Å². The Kier molecular flexibility index (Phi) is 6.53. The number of amides is 2. The van der Waals surface area contributed by atoms with Gasteiger partial charge in [0.1, 0.15) is 0 Å². The summed E-state index contributed by atoms with van der Waals surface area (Å²) in [5.41, 5.74) is 2.02. The van der Waals surface area contributed by atoms with Crippen LogP contribution in [0.3, 0.4) is 0 Å². The number of nitrogens with zero attached hydrogens (tertiary/aromatic N) is 2. The molecule has 30 heavy (non-hydrogen) atoms. The zero-order valence-corrected chi connectivity index (χ0v) is 17.7. The van der Waals surface area contributed by atoms with Crippen molar-refractivity contribution < 1.29 is 14.0 Å². The second-order valence-corrected chi connectivity index (χ2v) is 8.49. The third-order valence-electron chi connectivity index (χ3n) is 6.46. The van der Waals surface area contributed by atoms with E-state index in [9.17, 15) is 9.59 Å². The Morgan fingerprint density at radius 3 is 2.53 bits per heavy atom. The highest BCUT2D eigenvalue weighted by Crippen LogP contribution is 2.25. The molecule has 6 heteroatoms. The zero-order valence-electron chi connectivity index (χ0n) is 17.7. The molecular formula is C24H31N3O3. The van der Waals surface area contributed by atoms with Crippen molar-refractivity contribution in [2.75, 3.05) is 26.2 Å². The number of hydrogen-bond donors (Lipinski definition) is 1. The Hall–Kier alpha value is -2.60. The Balaban J connectivity index is 1.26. The molecular weight excluding hydrogens is 378 g/mol. The zero-order chi connectivity index (χ0) is 20.9. The van der Waals surface area contributed by atoms with Gasteiger partial charge >= 0.3 is 0 Å². The second kappa shape index (κ2) is 9.47. The maximum Gasteiger partial charge on any atom is 0.289 e. The summed E-state index contributed by atoms with van der Waals surface area (Å²) in [6, 6.07) is 12.3. The quantitative estimate of drug-likeness (QED) is 0.824. The van der Waals surface area contributed by atoms with Crippen LogP contribution in [0.2, 0.25) is 0 Å². The molecule has 2 aliphatic rings. The third kappa shape index (κ3) is 4.75. The summed E-state index contributed by atoms with van der Waals surface area (Å²) >= 11 is 0. The van der Waals surface area contributed by atoms with Crippen LogP contribution in [-0.4, -0.2) is 53.8 Å². The van der Waals surface area contributed by atoms with E-state index in [-0.39, 0.29) is 17.7 Å². The monoisotopic (exact) mass is 409 g/mol. The number of nitrogens with one attached hydrogen (secondary N) is 1. The summed E-state index contributed by atoms with van der Waals surface area (Å²) in [5, 5.41) is 3.11. The molecule has 0 radical (unpaired) electrons. The van der Waals surface area contributed by atoms with Gasteiger partial charge in [0.05, 0.1) is 12.2 Å². The summed E-state index contributed by atoms with van der Waals surface area (Å²) in [6.45, 7) is 5.83. The van der Waals surface area contributed by atoms with Gasteiger partial charge in [-0.2, -0.15) is 0 Å². The largest absolute Gasteiger partial charge is 0.459 e. The minimum absolute atomic E-state index is 0.00670. The van der Waals surface area contributed by atoms with Crippen LogP contribution in [0.4, 0.5) is 0 Å². The summed E-state index contributed by atoms with van der Waals surface area (Å²) in [5.74, 6) is 0.659. The van der Waals surface area contributed by atoms with Gasteiger partial charge in [0, 0.05) is 37.8 Å². The lowest BCUT2D eigenvalue weighted by Gasteiger charge is -2.41. The molecule has 1 aromatic carbocycles. The maximum absolute atomic E-state index is 12.7. The minimum atomic E-state index is -0.00670. The number of aryl methyl sites for hydroxylation is 1. The first-order valence-electron chi connectivity index (χ1n) is 11.0. The van der Waals surface area contributed by atoms with Gasteiger partial charge in [-0.15, -0.1) is 0 Å². The minimum Gasteiger partial charge on any atom is -0.459 e. The molecule has 2 aliphatic heterocycles. The van der Waals surface area contributed by atoms with E-state index in [4.69, 9.17) is 4.42 Å². The molecule has 3 heterocycles. The molecule has 2 saturated heterocycles. The van der Waals surface area contributed by atoms with Gasteiger partial charge in [-0.1, -0.05) is 30.3 Å². The van der Waals surface area contributed by atoms with Crippen LogP contribution in [0, 0.1) is 12.8 Å². The van der Waals surface area contributed by atoms with Gasteiger partial charge in [-0.05, 0) is 50.8 Å². The number of carbonyl (C=O) groups excluding carboxylic acids is 2. The summed E-state index contributed by atoms with van der Waals surface area (Å²) in [6.07, 6.45) is 5.47. The van der Waals surface area contributed by atoms with Crippen LogP contribution in [0.1, 0.15) is 47.4 Å². The molecule has 2 fully saturated rings. The lowest BCUT2D eigenvalue weighted by Crippen LogP contribution is -2.51. The Labute approximate surface area is 178 Å². The van der Waals surface area contributed by atoms with E-state index in [0.717, 1.165) is 63.0 Å². The van der Waals surface area contributed by atoms with Crippen LogP contribution in [0.15, 0.2) is 47.1 Å². The topological polar surface area (TPSA) is 65.8 Å². The average molecular weight is 410 g/mol. The van der Waals surface area contributed by atoms with Crippen molar-refractivity contribution in [1.29, 1.82) is 0 Å². The van der Waals surface area contributed by atoms with Gasteiger partial charge in [0.25, 0.3) is 5.91 Å². The smallest absolute Gasteiger partial charge is 0.289 e. The van der Waals surface area contributed by atoms with Crippen LogP contribution in [-0.2, 0) is 11.3 Å². The summed E-state index contributed by atoms with van der Waals surface area (Å²) in [7, 11) is 0. The Bertz CT molecular complexity index is 856. The lowest BCUT2D eigenvalue weighted by atomic mass is 9.93. The highest BCUT2D eigenvalue weighted by Gasteiger charge is 2.33. The molecule has 0 aliphatic carbocycles. The van der Waals surface area contributed by atoms with E-state index >= 15 is 0 Å². The number of likely N-dealkylation sites (tertiary alicyclic amines) is 2. The van der Waals surface area contributed by atoms with Crippen molar-refractivity contribution in [2.45, 2.75) is 45.2 Å². The first kappa shape index (κ1) is 20.7. The van der Waals surface area contributed by atoms with Crippen LogP contribution in [0.25, 0.3) is 0 Å². The van der Waals surface area contributed by atoms with Crippen molar-refractivity contribution in [2.24, 2.45) is 5.92 Å². The van der Waals surface area contributed by atoms with E-state index in [2.05, 4.69) is 10.2 Å². The third-order valence-corrected chi connectivity index (χ3v) is 6.46. The van der Waals surface area contributed by atoms with Crippen molar-refractivity contribution in [3.05, 3.63) is 59.5 Å². The van der Waals surface area contributed by atoms with Crippen molar-refractivity contribution in [3.63, 3.8) is 0 Å². The molecule has 0 spiro atoms. The molecule has 4 rings (SSSR count). The number of piperidine rings is 2. The SMILES string of the molecule is Cc1ccoc1C(=O)N1CCC(N2CCCC(C(=O)NCc3ccccc3)C2)CC1. The number of furan rings is 1. The molecule has 1 unspecified atom stereocenters. The molecule has 2 amide bonds. The first-order valence-corrected chi connectivity index (χ1v) is 11.0. The predicted octanol–water partition coefficient (Wildman–Crippen LogP) is 3.22. The predicted molar refractivity (Wildman–Crippen MR) is 115 cm³/mol. The van der Waals surface area contributed by atoms with E-state index in [1.807, 2.05) is 48.2 Å². The lowest BCUT2D eigenvalue weighted by molar-refractivity contribution is -0.127. The van der Waals surface area contributed by atoms with Crippen molar-refractivity contribution in [3.8, 4) is 0 Å². The average Bonchev–Trinajstić information content (AvgIpc) is 3.23. The Morgan fingerprint density at radius 1 is 1.07 bits per heavy atom. The van der Waals surface area contributed by atoms with E-state index in [0.29, 0.717) is 18.3 Å². The Morgan fingerprint density at radius 2 is 1.83 bits per heavy atom. The molecule has 0 bridgehead atoms. The first-order chi connectivity index (χ1) is 14.6. The van der Waals surface area contributed by atoms with Crippen LogP contribution >= 0.6 is 0 Å². The number of carbonyl (C=O) groups is 2. The summed E-state index contributed by atoms with van der Waals surface area (Å²) in [4.78, 5) is 29.7. The highest BCUT2D eigenvalue weighted by molar-refractivity contribution is 5.92. The van der Waals surface area contributed by atoms with Crippen LogP contribution in [0.5, 0.6) is 0 Å². The fourth-order valence-electron chi connectivity index (χ4n) is 4.65. The molecule has 1 N–H and O–H groups in total. The van der Waals surface area contributed by atoms with Crippen molar-refractivity contribution in [1.82, 2.24) is 15.1 Å². The molecule has 6 nitrogen and oxygen atoms in total. The molecule has 0 saturated carbocycles. The van der Waals surface area contributed by atoms with Gasteiger partial charge in [-0.25, -0.2) is 0 Å². The van der Waals surface area contributed by atoms with Gasteiger partial charge in [-0.3, -0.25) is 14.5 Å².